The summed E-state index contributed by atoms with van der Waals surface area (Å²) in [6, 6.07) is 20.3. The van der Waals surface area contributed by atoms with Gasteiger partial charge in [0.05, 0.1) is 12.0 Å². The molecule has 2 rings (SSSR count). The number of nitrogens with zero attached hydrogens (tertiary/aromatic N) is 1. The molecule has 2 aromatic rings. The maximum atomic E-state index is 8.68. The van der Waals surface area contributed by atoms with Crippen molar-refractivity contribution in [2.75, 3.05) is 6.61 Å². The first kappa shape index (κ1) is 12.2. The molecule has 0 amide bonds. The Morgan fingerprint density at radius 3 is 2.22 bits per heavy atom. The molecule has 2 nitrogen and oxygen atoms in total. The Morgan fingerprint density at radius 2 is 1.61 bits per heavy atom. The summed E-state index contributed by atoms with van der Waals surface area (Å²) in [5.74, 6) is 0.718. The number of hydrogen-bond acceptors (Lipinski definition) is 2. The molecule has 0 aromatic heterocycles. The van der Waals surface area contributed by atoms with E-state index in [1.807, 2.05) is 49.4 Å². The third kappa shape index (κ3) is 3.11. The van der Waals surface area contributed by atoms with E-state index >= 15 is 0 Å². The summed E-state index contributed by atoms with van der Waals surface area (Å²) in [4.78, 5) is 0. The minimum absolute atomic E-state index is 0.0844. The molecule has 0 saturated carbocycles. The van der Waals surface area contributed by atoms with Crippen LogP contribution in [0.15, 0.2) is 54.6 Å². The molecule has 2 aromatic carbocycles. The molecule has 0 N–H and O–H groups in total. The highest BCUT2D eigenvalue weighted by Gasteiger charge is 2.01. The van der Waals surface area contributed by atoms with Gasteiger partial charge in [-0.15, -0.1) is 0 Å². The van der Waals surface area contributed by atoms with E-state index in [2.05, 4.69) is 18.2 Å². The molecule has 2 heteroatoms. The quantitative estimate of drug-likeness (QED) is 0.808. The molecule has 90 valence electrons. The fourth-order valence-corrected chi connectivity index (χ4v) is 1.63. The van der Waals surface area contributed by atoms with Crippen molar-refractivity contribution < 1.29 is 4.74 Å². The van der Waals surface area contributed by atoms with Crippen LogP contribution in [-0.2, 0) is 0 Å². The van der Waals surface area contributed by atoms with Gasteiger partial charge in [-0.05, 0) is 30.2 Å². The second kappa shape index (κ2) is 5.88. The van der Waals surface area contributed by atoms with Gasteiger partial charge in [0.1, 0.15) is 12.4 Å². The van der Waals surface area contributed by atoms with Gasteiger partial charge >= 0.3 is 0 Å². The Labute approximate surface area is 107 Å². The van der Waals surface area contributed by atoms with Crippen LogP contribution in [0.4, 0.5) is 0 Å². The maximum absolute atomic E-state index is 8.68. The van der Waals surface area contributed by atoms with E-state index in [1.165, 1.54) is 5.56 Å². The third-order valence-corrected chi connectivity index (χ3v) is 2.68. The van der Waals surface area contributed by atoms with Gasteiger partial charge in [-0.1, -0.05) is 42.5 Å². The van der Waals surface area contributed by atoms with Gasteiger partial charge in [0.25, 0.3) is 0 Å². The molecule has 0 spiro atoms. The predicted molar refractivity (Wildman–Crippen MR) is 72.2 cm³/mol. The predicted octanol–water partition coefficient (Wildman–Crippen LogP) is 3.89. The molecule has 18 heavy (non-hydrogen) atoms. The summed E-state index contributed by atoms with van der Waals surface area (Å²) in [5, 5.41) is 8.68. The van der Waals surface area contributed by atoms with Crippen LogP contribution < -0.4 is 4.74 Å². The molecule has 0 aliphatic heterocycles. The molecule has 0 aliphatic rings. The van der Waals surface area contributed by atoms with Gasteiger partial charge in [-0.25, -0.2) is 0 Å². The number of nitriles is 1. The van der Waals surface area contributed by atoms with Crippen LogP contribution in [-0.4, -0.2) is 6.61 Å². The summed E-state index contributed by atoms with van der Waals surface area (Å²) in [5.41, 5.74) is 2.35. The number of hydrogen-bond donors (Lipinski definition) is 0. The minimum Gasteiger partial charge on any atom is -0.492 e. The smallest absolute Gasteiger partial charge is 0.119 e. The lowest BCUT2D eigenvalue weighted by Crippen LogP contribution is -2.05. The largest absolute Gasteiger partial charge is 0.492 e. The second-order valence-corrected chi connectivity index (χ2v) is 4.23. The highest BCUT2D eigenvalue weighted by atomic mass is 16.5. The van der Waals surface area contributed by atoms with E-state index in [4.69, 9.17) is 10.00 Å². The van der Waals surface area contributed by atoms with E-state index in [1.54, 1.807) is 0 Å². The average Bonchev–Trinajstić information content (AvgIpc) is 2.46. The third-order valence-electron chi connectivity index (χ3n) is 2.68. The highest BCUT2D eigenvalue weighted by Crippen LogP contribution is 2.22. The SMILES string of the molecule is CC(C#N)COc1ccc(-c2ccccc2)cc1. The Bertz CT molecular complexity index is 525. The maximum Gasteiger partial charge on any atom is 0.119 e. The van der Waals surface area contributed by atoms with E-state index in [-0.39, 0.29) is 5.92 Å². The van der Waals surface area contributed by atoms with Gasteiger partial charge in [0.2, 0.25) is 0 Å². The highest BCUT2D eigenvalue weighted by molar-refractivity contribution is 5.63. The van der Waals surface area contributed by atoms with Gasteiger partial charge in [0.15, 0.2) is 0 Å². The van der Waals surface area contributed by atoms with Gasteiger partial charge in [0, 0.05) is 0 Å². The summed E-state index contributed by atoms with van der Waals surface area (Å²) >= 11 is 0. The zero-order valence-electron chi connectivity index (χ0n) is 10.3. The fraction of sp³-hybridized carbons (Fsp3) is 0.188. The summed E-state index contributed by atoms with van der Waals surface area (Å²) in [6.45, 7) is 2.28. The van der Waals surface area contributed by atoms with E-state index in [0.717, 1.165) is 11.3 Å². The van der Waals surface area contributed by atoms with Crippen LogP contribution >= 0.6 is 0 Å². The lowest BCUT2D eigenvalue weighted by Gasteiger charge is -2.08. The van der Waals surface area contributed by atoms with E-state index in [9.17, 15) is 0 Å². The zero-order valence-corrected chi connectivity index (χ0v) is 10.3. The van der Waals surface area contributed by atoms with E-state index in [0.29, 0.717) is 6.61 Å². The van der Waals surface area contributed by atoms with Crippen molar-refractivity contribution in [2.45, 2.75) is 6.92 Å². The van der Waals surface area contributed by atoms with Crippen molar-refractivity contribution in [3.63, 3.8) is 0 Å². The first-order valence-corrected chi connectivity index (χ1v) is 5.97. The molecule has 1 atom stereocenters. The van der Waals surface area contributed by atoms with Gasteiger partial charge in [-0.2, -0.15) is 5.26 Å². The standard InChI is InChI=1S/C16H15NO/c1-13(11-17)12-18-16-9-7-15(8-10-16)14-5-3-2-4-6-14/h2-10,13H,12H2,1H3. The van der Waals surface area contributed by atoms with Crippen molar-refractivity contribution in [1.82, 2.24) is 0 Å². The Balaban J connectivity index is 2.05. The van der Waals surface area contributed by atoms with Crippen LogP contribution in [0.3, 0.4) is 0 Å². The van der Waals surface area contributed by atoms with Crippen LogP contribution in [0.1, 0.15) is 6.92 Å². The van der Waals surface area contributed by atoms with E-state index < -0.39 is 0 Å². The first-order valence-electron chi connectivity index (χ1n) is 5.97. The minimum atomic E-state index is -0.0844. The molecule has 0 bridgehead atoms. The molecule has 0 fully saturated rings. The molecule has 0 heterocycles. The van der Waals surface area contributed by atoms with Crippen LogP contribution in [0, 0.1) is 17.2 Å². The summed E-state index contributed by atoms with van der Waals surface area (Å²) < 4.78 is 5.53. The first-order chi connectivity index (χ1) is 8.79. The molecular weight excluding hydrogens is 222 g/mol. The van der Waals surface area contributed by atoms with Crippen molar-refractivity contribution in [1.29, 1.82) is 5.26 Å². The summed E-state index contributed by atoms with van der Waals surface area (Å²) in [6.07, 6.45) is 0. The van der Waals surface area contributed by atoms with Crippen LogP contribution in [0.25, 0.3) is 11.1 Å². The monoisotopic (exact) mass is 237 g/mol. The number of ether oxygens (including phenoxy) is 1. The molecule has 1 unspecified atom stereocenters. The van der Waals surface area contributed by atoms with Crippen molar-refractivity contribution >= 4 is 0 Å². The van der Waals surface area contributed by atoms with Gasteiger partial charge < -0.3 is 4.74 Å². The second-order valence-electron chi connectivity index (χ2n) is 4.23. The lowest BCUT2D eigenvalue weighted by molar-refractivity contribution is 0.288. The number of rotatable bonds is 4. The Hall–Kier alpha value is -2.27. The molecule has 0 aliphatic carbocycles. The topological polar surface area (TPSA) is 33.0 Å². The van der Waals surface area contributed by atoms with Crippen LogP contribution in [0.2, 0.25) is 0 Å². The van der Waals surface area contributed by atoms with Gasteiger partial charge in [-0.3, -0.25) is 0 Å². The van der Waals surface area contributed by atoms with Crippen LogP contribution in [0.5, 0.6) is 5.75 Å². The lowest BCUT2D eigenvalue weighted by atomic mass is 10.1. The Kier molecular flexibility index (Phi) is 3.98. The van der Waals surface area contributed by atoms with Crippen molar-refractivity contribution in [3.05, 3.63) is 54.6 Å². The van der Waals surface area contributed by atoms with Crippen molar-refractivity contribution in [2.24, 2.45) is 5.92 Å². The summed E-state index contributed by atoms with van der Waals surface area (Å²) in [7, 11) is 0. The molecule has 0 saturated heterocycles. The normalized spacial score (nSPS) is 11.6. The number of benzene rings is 2. The molecular formula is C16H15NO. The van der Waals surface area contributed by atoms with Crippen molar-refractivity contribution in [3.8, 4) is 22.9 Å². The zero-order chi connectivity index (χ0) is 12.8. The molecule has 0 radical (unpaired) electrons. The Morgan fingerprint density at radius 1 is 1.00 bits per heavy atom. The fourth-order valence-electron chi connectivity index (χ4n) is 1.63. The average molecular weight is 237 g/mol.